The maximum Gasteiger partial charge on any atom is 0.241 e. The first-order valence-electron chi connectivity index (χ1n) is 8.75. The third kappa shape index (κ3) is 4.00. The van der Waals surface area contributed by atoms with Crippen LogP contribution in [0.15, 0.2) is 12.1 Å². The molecule has 3 N–H and O–H groups in total. The van der Waals surface area contributed by atoms with Gasteiger partial charge in [-0.25, -0.2) is 4.39 Å². The molecule has 0 aliphatic heterocycles. The molecule has 3 atom stereocenters. The van der Waals surface area contributed by atoms with Crippen LogP contribution in [0.5, 0.6) is 11.5 Å². The summed E-state index contributed by atoms with van der Waals surface area (Å²) in [7, 11) is 2.91. The molecule has 3 unspecified atom stereocenters. The van der Waals surface area contributed by atoms with Gasteiger partial charge >= 0.3 is 0 Å². The lowest BCUT2D eigenvalue weighted by Crippen LogP contribution is -2.75. The monoisotopic (exact) mass is 404 g/mol. The number of carbonyl (C=O) groups excluding carboxylic acids is 1. The van der Waals surface area contributed by atoms with E-state index in [1.54, 1.807) is 6.92 Å². The van der Waals surface area contributed by atoms with Crippen molar-refractivity contribution in [1.82, 2.24) is 5.32 Å². The Balaban J connectivity index is 0.00000364. The minimum Gasteiger partial charge on any atom is -0.493 e. The van der Waals surface area contributed by atoms with Crippen molar-refractivity contribution in [2.24, 2.45) is 11.1 Å². The van der Waals surface area contributed by atoms with Gasteiger partial charge in [-0.1, -0.05) is 13.8 Å². The maximum atomic E-state index is 14.4. The zero-order chi connectivity index (χ0) is 19.7. The van der Waals surface area contributed by atoms with Crippen LogP contribution in [0.3, 0.4) is 0 Å². The van der Waals surface area contributed by atoms with Gasteiger partial charge in [0.05, 0.1) is 26.4 Å². The van der Waals surface area contributed by atoms with E-state index in [0.29, 0.717) is 30.1 Å². The molecule has 2 rings (SSSR count). The molecule has 1 aliphatic carbocycles. The Morgan fingerprint density at radius 2 is 1.89 bits per heavy atom. The smallest absolute Gasteiger partial charge is 0.241 e. The van der Waals surface area contributed by atoms with Crippen molar-refractivity contribution in [3.8, 4) is 11.5 Å². The Labute approximate surface area is 166 Å². The highest BCUT2D eigenvalue weighted by atomic mass is 35.5. The number of methoxy groups -OCH3 is 2. The van der Waals surface area contributed by atoms with E-state index in [1.165, 1.54) is 26.4 Å². The minimum atomic E-state index is -1.06. The maximum absolute atomic E-state index is 14.4. The predicted octanol–water partition coefficient (Wildman–Crippen LogP) is 2.97. The molecule has 8 heteroatoms. The first-order chi connectivity index (χ1) is 12.1. The molecule has 0 bridgehead atoms. The van der Waals surface area contributed by atoms with Gasteiger partial charge in [-0.2, -0.15) is 0 Å². The van der Waals surface area contributed by atoms with Crippen LogP contribution in [0.2, 0.25) is 0 Å². The van der Waals surface area contributed by atoms with Crippen molar-refractivity contribution in [3.63, 3.8) is 0 Å². The number of hydrogen-bond donors (Lipinski definition) is 2. The summed E-state index contributed by atoms with van der Waals surface area (Å²) in [6.07, 6.45) is 0.359. The van der Waals surface area contributed by atoms with Gasteiger partial charge in [0.2, 0.25) is 5.91 Å². The van der Waals surface area contributed by atoms with E-state index < -0.39 is 22.8 Å². The molecule has 0 radical (unpaired) electrons. The average Bonchev–Trinajstić information content (AvgIpc) is 2.60. The summed E-state index contributed by atoms with van der Waals surface area (Å²) in [5, 5.41) is 2.83. The lowest BCUT2D eigenvalue weighted by atomic mass is 9.54. The summed E-state index contributed by atoms with van der Waals surface area (Å²) < 4.78 is 30.4. The SMILES string of the molecule is CCOC1CC(N)(C(=O)NC(C)c2cc(OC)c(OC)cc2F)C1(C)C.Cl. The highest BCUT2D eigenvalue weighted by Gasteiger charge is 2.62. The largest absolute Gasteiger partial charge is 0.493 e. The van der Waals surface area contributed by atoms with Crippen molar-refractivity contribution in [1.29, 1.82) is 0 Å². The summed E-state index contributed by atoms with van der Waals surface area (Å²) in [4.78, 5) is 12.8. The second-order valence-corrected chi connectivity index (χ2v) is 7.27. The fourth-order valence-electron chi connectivity index (χ4n) is 3.43. The summed E-state index contributed by atoms with van der Waals surface area (Å²) in [5.41, 5.74) is 5.11. The van der Waals surface area contributed by atoms with Gasteiger partial charge in [-0.3, -0.25) is 4.79 Å². The van der Waals surface area contributed by atoms with Crippen molar-refractivity contribution in [3.05, 3.63) is 23.5 Å². The van der Waals surface area contributed by atoms with E-state index in [4.69, 9.17) is 19.9 Å². The Kier molecular flexibility index (Phi) is 7.50. The molecule has 27 heavy (non-hydrogen) atoms. The second-order valence-electron chi connectivity index (χ2n) is 7.27. The summed E-state index contributed by atoms with van der Waals surface area (Å²) >= 11 is 0. The van der Waals surface area contributed by atoms with Crippen LogP contribution >= 0.6 is 12.4 Å². The van der Waals surface area contributed by atoms with E-state index in [0.717, 1.165) is 0 Å². The van der Waals surface area contributed by atoms with Crippen molar-refractivity contribution in [2.75, 3.05) is 20.8 Å². The van der Waals surface area contributed by atoms with Gasteiger partial charge in [-0.05, 0) is 19.9 Å². The van der Waals surface area contributed by atoms with E-state index in [-0.39, 0.29) is 24.4 Å². The van der Waals surface area contributed by atoms with Gasteiger partial charge < -0.3 is 25.3 Å². The Morgan fingerprint density at radius 1 is 1.33 bits per heavy atom. The number of rotatable bonds is 7. The molecule has 0 aromatic heterocycles. The molecular formula is C19H30ClFN2O4. The first kappa shape index (κ1) is 23.5. The molecule has 154 valence electrons. The quantitative estimate of drug-likeness (QED) is 0.730. The normalized spacial score (nSPS) is 24.2. The lowest BCUT2D eigenvalue weighted by Gasteiger charge is -2.57. The van der Waals surface area contributed by atoms with Crippen LogP contribution in [0.25, 0.3) is 0 Å². The topological polar surface area (TPSA) is 82.8 Å². The zero-order valence-corrected chi connectivity index (χ0v) is 17.5. The molecule has 1 aromatic carbocycles. The third-order valence-electron chi connectivity index (χ3n) is 5.55. The van der Waals surface area contributed by atoms with Crippen LogP contribution in [-0.2, 0) is 9.53 Å². The number of nitrogens with two attached hydrogens (primary N) is 1. The number of carbonyl (C=O) groups is 1. The van der Waals surface area contributed by atoms with Crippen LogP contribution in [0.1, 0.15) is 45.7 Å². The number of amides is 1. The van der Waals surface area contributed by atoms with Gasteiger partial charge in [0, 0.05) is 30.1 Å². The second kappa shape index (κ2) is 8.63. The van der Waals surface area contributed by atoms with E-state index in [2.05, 4.69) is 5.32 Å². The van der Waals surface area contributed by atoms with Gasteiger partial charge in [0.25, 0.3) is 0 Å². The van der Waals surface area contributed by atoms with Crippen molar-refractivity contribution >= 4 is 18.3 Å². The van der Waals surface area contributed by atoms with Crippen molar-refractivity contribution < 1.29 is 23.4 Å². The number of halogens is 2. The molecule has 1 saturated carbocycles. The molecule has 0 saturated heterocycles. The molecular weight excluding hydrogens is 375 g/mol. The molecule has 1 aromatic rings. The van der Waals surface area contributed by atoms with Gasteiger partial charge in [-0.15, -0.1) is 12.4 Å². The predicted molar refractivity (Wildman–Crippen MR) is 104 cm³/mol. The summed E-state index contributed by atoms with van der Waals surface area (Å²) in [6.45, 7) is 8.01. The van der Waals surface area contributed by atoms with Gasteiger partial charge in [0.15, 0.2) is 11.5 Å². The van der Waals surface area contributed by atoms with Crippen LogP contribution < -0.4 is 20.5 Å². The fraction of sp³-hybridized carbons (Fsp3) is 0.632. The van der Waals surface area contributed by atoms with E-state index in [1.807, 2.05) is 20.8 Å². The zero-order valence-electron chi connectivity index (χ0n) is 16.7. The highest BCUT2D eigenvalue weighted by molar-refractivity contribution is 5.89. The first-order valence-corrected chi connectivity index (χ1v) is 8.75. The minimum absolute atomic E-state index is 0. The van der Waals surface area contributed by atoms with E-state index >= 15 is 0 Å². The average molecular weight is 405 g/mol. The van der Waals surface area contributed by atoms with Crippen LogP contribution in [0.4, 0.5) is 4.39 Å². The number of hydrogen-bond acceptors (Lipinski definition) is 5. The third-order valence-corrected chi connectivity index (χ3v) is 5.55. The summed E-state index contributed by atoms with van der Waals surface area (Å²) in [6, 6.07) is 2.19. The van der Waals surface area contributed by atoms with Crippen LogP contribution in [0, 0.1) is 11.2 Å². The Bertz CT molecular complexity index is 686. The molecule has 0 spiro atoms. The molecule has 1 amide bonds. The molecule has 1 aliphatic rings. The highest BCUT2D eigenvalue weighted by Crippen LogP contribution is 2.50. The Morgan fingerprint density at radius 3 is 2.37 bits per heavy atom. The number of nitrogens with one attached hydrogen (secondary N) is 1. The Hall–Kier alpha value is -1.57. The standard InChI is InChI=1S/C19H29FN2O4.ClH/c1-7-26-16-10-19(21,18(16,3)4)17(23)22-11(2)12-8-14(24-5)15(25-6)9-13(12)20;/h8-9,11,16H,7,10,21H2,1-6H3,(H,22,23);1H. The molecule has 6 nitrogen and oxygen atoms in total. The molecule has 0 heterocycles. The number of benzene rings is 1. The van der Waals surface area contributed by atoms with Crippen LogP contribution in [-0.4, -0.2) is 38.4 Å². The fourth-order valence-corrected chi connectivity index (χ4v) is 3.43. The lowest BCUT2D eigenvalue weighted by molar-refractivity contribution is -0.171. The van der Waals surface area contributed by atoms with Crippen molar-refractivity contribution in [2.45, 2.75) is 51.8 Å². The molecule has 1 fully saturated rings. The van der Waals surface area contributed by atoms with Gasteiger partial charge in [0.1, 0.15) is 11.4 Å². The summed E-state index contributed by atoms with van der Waals surface area (Å²) in [5.74, 6) is -0.114. The van der Waals surface area contributed by atoms with E-state index in [9.17, 15) is 9.18 Å². The number of ether oxygens (including phenoxy) is 3.